The molecule has 0 radical (unpaired) electrons. The van der Waals surface area contributed by atoms with Crippen molar-refractivity contribution >= 4 is 28.9 Å². The van der Waals surface area contributed by atoms with Crippen LogP contribution in [0.15, 0.2) is 30.5 Å². The Labute approximate surface area is 123 Å². The van der Waals surface area contributed by atoms with Gasteiger partial charge in [0.15, 0.2) is 5.13 Å². The van der Waals surface area contributed by atoms with Crippen LogP contribution in [0.5, 0.6) is 5.75 Å². The normalized spacial score (nSPS) is 9.95. The van der Waals surface area contributed by atoms with Gasteiger partial charge in [-0.2, -0.15) is 0 Å². The van der Waals surface area contributed by atoms with Gasteiger partial charge in [0.05, 0.1) is 0 Å². The number of nitrogens with one attached hydrogen (secondary N) is 1. The molecule has 19 heavy (non-hydrogen) atoms. The molecule has 0 fully saturated rings. The second kappa shape index (κ2) is 7.99. The quantitative estimate of drug-likeness (QED) is 0.805. The number of anilines is 1. The minimum atomic E-state index is 0. The van der Waals surface area contributed by atoms with Crippen molar-refractivity contribution in [1.29, 1.82) is 0 Å². The van der Waals surface area contributed by atoms with E-state index in [-0.39, 0.29) is 12.4 Å². The fourth-order valence-corrected chi connectivity index (χ4v) is 2.22. The number of aryl methyl sites for hydroxylation is 1. The topological polar surface area (TPSA) is 60.2 Å². The summed E-state index contributed by atoms with van der Waals surface area (Å²) in [5.41, 5.74) is 6.76. The minimum absolute atomic E-state index is 0. The first kappa shape index (κ1) is 15.8. The van der Waals surface area contributed by atoms with Crippen LogP contribution in [-0.2, 0) is 6.54 Å². The average molecular weight is 300 g/mol. The van der Waals surface area contributed by atoms with Crippen LogP contribution in [0.2, 0.25) is 0 Å². The molecule has 0 atom stereocenters. The largest absolute Gasteiger partial charge is 0.492 e. The van der Waals surface area contributed by atoms with E-state index in [1.165, 1.54) is 16.9 Å². The second-order valence-corrected chi connectivity index (χ2v) is 5.15. The molecule has 1 heterocycles. The van der Waals surface area contributed by atoms with Crippen molar-refractivity contribution in [2.75, 3.05) is 18.9 Å². The predicted octanol–water partition coefficient (Wildman–Crippen LogP) is 2.62. The number of nitrogens with zero attached hydrogens (tertiary/aromatic N) is 1. The number of nitrogens with two attached hydrogens (primary N) is 1. The van der Waals surface area contributed by atoms with E-state index in [4.69, 9.17) is 10.5 Å². The molecule has 0 aliphatic heterocycles. The van der Waals surface area contributed by atoms with Crippen molar-refractivity contribution in [1.82, 2.24) is 10.3 Å². The molecule has 3 N–H and O–H groups in total. The van der Waals surface area contributed by atoms with Gasteiger partial charge in [0, 0.05) is 24.2 Å². The van der Waals surface area contributed by atoms with Crippen molar-refractivity contribution in [3.8, 4) is 5.75 Å². The molecule has 0 saturated carbocycles. The van der Waals surface area contributed by atoms with Gasteiger partial charge in [-0.25, -0.2) is 4.98 Å². The Hall–Kier alpha value is -1.30. The molecule has 0 aliphatic carbocycles. The van der Waals surface area contributed by atoms with Gasteiger partial charge in [-0.05, 0) is 24.6 Å². The maximum Gasteiger partial charge on any atom is 0.180 e. The van der Waals surface area contributed by atoms with Crippen LogP contribution in [0.3, 0.4) is 0 Å². The van der Waals surface area contributed by atoms with Gasteiger partial charge in [0.25, 0.3) is 0 Å². The molecule has 0 amide bonds. The fourth-order valence-electron chi connectivity index (χ4n) is 1.56. The third-order valence-electron chi connectivity index (χ3n) is 2.41. The smallest absolute Gasteiger partial charge is 0.180 e. The standard InChI is InChI=1S/C13H17N3OS.ClH/c1-10-3-2-4-11(7-10)17-6-5-15-8-12-9-16-13(14)18-12;/h2-4,7,9,15H,5-6,8H2,1H3,(H2,14,16);1H. The summed E-state index contributed by atoms with van der Waals surface area (Å²) in [5.74, 6) is 0.916. The first-order valence-corrected chi connectivity index (χ1v) is 6.66. The highest BCUT2D eigenvalue weighted by Crippen LogP contribution is 2.14. The lowest BCUT2D eigenvalue weighted by Crippen LogP contribution is -2.20. The summed E-state index contributed by atoms with van der Waals surface area (Å²) >= 11 is 1.51. The summed E-state index contributed by atoms with van der Waals surface area (Å²) in [6, 6.07) is 8.05. The maximum absolute atomic E-state index is 5.63. The van der Waals surface area contributed by atoms with Crippen molar-refractivity contribution in [2.24, 2.45) is 0 Å². The molecular weight excluding hydrogens is 282 g/mol. The van der Waals surface area contributed by atoms with Gasteiger partial charge in [0.2, 0.25) is 0 Å². The molecule has 4 nitrogen and oxygen atoms in total. The molecule has 0 aliphatic rings. The molecule has 0 bridgehead atoms. The molecule has 1 aromatic heterocycles. The number of aromatic nitrogens is 1. The molecule has 2 aromatic rings. The number of nitrogen functional groups attached to an aromatic ring is 1. The predicted molar refractivity (Wildman–Crippen MR) is 82.2 cm³/mol. The molecule has 0 saturated heterocycles. The van der Waals surface area contributed by atoms with Crippen LogP contribution in [0.4, 0.5) is 5.13 Å². The third kappa shape index (κ3) is 5.46. The first-order chi connectivity index (χ1) is 8.74. The molecule has 0 unspecified atom stereocenters. The maximum atomic E-state index is 5.63. The number of hydrogen-bond donors (Lipinski definition) is 2. The number of halogens is 1. The lowest BCUT2D eigenvalue weighted by Gasteiger charge is -2.07. The van der Waals surface area contributed by atoms with E-state index in [0.29, 0.717) is 11.7 Å². The lowest BCUT2D eigenvalue weighted by molar-refractivity contribution is 0.313. The van der Waals surface area contributed by atoms with Crippen LogP contribution < -0.4 is 15.8 Å². The summed E-state index contributed by atoms with van der Waals surface area (Å²) < 4.78 is 5.63. The van der Waals surface area contributed by atoms with Crippen LogP contribution in [0.1, 0.15) is 10.4 Å². The van der Waals surface area contributed by atoms with Gasteiger partial charge >= 0.3 is 0 Å². The summed E-state index contributed by atoms with van der Waals surface area (Å²) in [6.45, 7) is 4.29. The number of hydrogen-bond acceptors (Lipinski definition) is 5. The molecule has 0 spiro atoms. The van der Waals surface area contributed by atoms with Crippen molar-refractivity contribution in [3.63, 3.8) is 0 Å². The molecular formula is C13H18ClN3OS. The molecule has 104 valence electrons. The SMILES string of the molecule is Cc1cccc(OCCNCc2cnc(N)s2)c1.Cl. The molecule has 6 heteroatoms. The van der Waals surface area contributed by atoms with E-state index in [1.807, 2.05) is 18.2 Å². The molecule has 2 rings (SSSR count). The van der Waals surface area contributed by atoms with Crippen LogP contribution in [0, 0.1) is 6.92 Å². The van der Waals surface area contributed by atoms with Gasteiger partial charge in [-0.1, -0.05) is 12.1 Å². The Morgan fingerprint density at radius 2 is 2.26 bits per heavy atom. The highest BCUT2D eigenvalue weighted by atomic mass is 35.5. The lowest BCUT2D eigenvalue weighted by atomic mass is 10.2. The van der Waals surface area contributed by atoms with Gasteiger partial charge in [-0.3, -0.25) is 0 Å². The average Bonchev–Trinajstić information content (AvgIpc) is 2.75. The monoisotopic (exact) mass is 299 g/mol. The van der Waals surface area contributed by atoms with E-state index < -0.39 is 0 Å². The summed E-state index contributed by atoms with van der Waals surface area (Å²) in [7, 11) is 0. The fraction of sp³-hybridized carbons (Fsp3) is 0.308. The van der Waals surface area contributed by atoms with Gasteiger partial charge < -0.3 is 15.8 Å². The Morgan fingerprint density at radius 3 is 2.95 bits per heavy atom. The Balaban J connectivity index is 0.00000180. The second-order valence-electron chi connectivity index (χ2n) is 4.01. The van der Waals surface area contributed by atoms with Crippen molar-refractivity contribution in [3.05, 3.63) is 40.9 Å². The minimum Gasteiger partial charge on any atom is -0.492 e. The van der Waals surface area contributed by atoms with E-state index in [1.54, 1.807) is 6.20 Å². The van der Waals surface area contributed by atoms with Crippen molar-refractivity contribution in [2.45, 2.75) is 13.5 Å². The Kier molecular flexibility index (Phi) is 6.62. The van der Waals surface area contributed by atoms with Crippen molar-refractivity contribution < 1.29 is 4.74 Å². The van der Waals surface area contributed by atoms with Gasteiger partial charge in [0.1, 0.15) is 12.4 Å². The highest BCUT2D eigenvalue weighted by Gasteiger charge is 1.98. The highest BCUT2D eigenvalue weighted by molar-refractivity contribution is 7.15. The van der Waals surface area contributed by atoms with E-state index in [0.717, 1.165) is 23.7 Å². The third-order valence-corrected chi connectivity index (χ3v) is 3.23. The molecule has 1 aromatic carbocycles. The van der Waals surface area contributed by atoms with Crippen LogP contribution in [0.25, 0.3) is 0 Å². The Morgan fingerprint density at radius 1 is 1.42 bits per heavy atom. The zero-order valence-electron chi connectivity index (χ0n) is 10.8. The first-order valence-electron chi connectivity index (χ1n) is 5.84. The number of benzene rings is 1. The van der Waals surface area contributed by atoms with E-state index >= 15 is 0 Å². The summed E-state index contributed by atoms with van der Waals surface area (Å²) in [5, 5.41) is 3.90. The van der Waals surface area contributed by atoms with Gasteiger partial charge in [-0.15, -0.1) is 23.7 Å². The zero-order valence-corrected chi connectivity index (χ0v) is 12.4. The number of rotatable bonds is 6. The summed E-state index contributed by atoms with van der Waals surface area (Å²) in [4.78, 5) is 5.14. The zero-order chi connectivity index (χ0) is 12.8. The Bertz CT molecular complexity index is 504. The van der Waals surface area contributed by atoms with E-state index in [2.05, 4.69) is 23.3 Å². The number of thiazole rings is 1. The van der Waals surface area contributed by atoms with Crippen LogP contribution >= 0.6 is 23.7 Å². The summed E-state index contributed by atoms with van der Waals surface area (Å²) in [6.07, 6.45) is 1.80. The van der Waals surface area contributed by atoms with E-state index in [9.17, 15) is 0 Å². The number of ether oxygens (including phenoxy) is 1. The van der Waals surface area contributed by atoms with Crippen LogP contribution in [-0.4, -0.2) is 18.1 Å².